The molecule has 0 saturated carbocycles. The molecule has 50 valence electrons. The third-order valence-corrected chi connectivity index (χ3v) is 0.896. The van der Waals surface area contributed by atoms with Gasteiger partial charge in [-0.3, -0.25) is 0 Å². The molecule has 0 fully saturated rings. The van der Waals surface area contributed by atoms with E-state index in [0.717, 1.165) is 19.8 Å². The van der Waals surface area contributed by atoms with Crippen molar-refractivity contribution < 1.29 is 4.74 Å². The van der Waals surface area contributed by atoms with Crippen molar-refractivity contribution in [2.45, 2.75) is 13.3 Å². The average Bonchev–Trinajstić information content (AvgIpc) is 1.66. The van der Waals surface area contributed by atoms with E-state index in [-0.39, 0.29) is 0 Å². The Hall–Kier alpha value is 0.650. The van der Waals surface area contributed by atoms with Gasteiger partial charge in [-0.1, -0.05) is 6.92 Å². The highest BCUT2D eigenvalue weighted by Crippen LogP contribution is 1.91. The van der Waals surface area contributed by atoms with Crippen LogP contribution in [0.3, 0.4) is 0 Å². The molecule has 0 amide bonds. The molecule has 0 aliphatic rings. The topological polar surface area (TPSA) is 12.5 Å². The number of ether oxygens (including phenoxy) is 1. The van der Waals surface area contributed by atoms with Gasteiger partial charge in [0.2, 0.25) is 0 Å². The molecule has 3 heteroatoms. The van der Waals surface area contributed by atoms with Crippen LogP contribution in [0.25, 0.3) is 0 Å². The molecule has 0 aliphatic carbocycles. The smallest absolute Gasteiger partial charge is 0.107 e. The first-order valence-electron chi connectivity index (χ1n) is 2.72. The Balaban J connectivity index is 2.72. The van der Waals surface area contributed by atoms with E-state index < -0.39 is 0 Å². The number of rotatable bonds is 4. The van der Waals surface area contributed by atoms with Gasteiger partial charge in [0.05, 0.1) is 0 Å². The van der Waals surface area contributed by atoms with Gasteiger partial charge in [0.15, 0.2) is 0 Å². The first-order chi connectivity index (χ1) is 3.77. The van der Waals surface area contributed by atoms with Crippen LogP contribution in [0, 0.1) is 0 Å². The molecule has 0 aromatic heterocycles. The second kappa shape index (κ2) is 5.78. The normalized spacial score (nSPS) is 10.5. The molecular weight excluding hydrogens is 217 g/mol. The average molecular weight is 229 g/mol. The summed E-state index contributed by atoms with van der Waals surface area (Å²) < 4.78 is 7.14. The van der Waals surface area contributed by atoms with Gasteiger partial charge in [0.25, 0.3) is 0 Å². The van der Waals surface area contributed by atoms with Crippen LogP contribution in [0.2, 0.25) is 0 Å². The largest absolute Gasteiger partial charge is 0.365 e. The lowest BCUT2D eigenvalue weighted by Gasteiger charge is -2.05. The van der Waals surface area contributed by atoms with Crippen molar-refractivity contribution in [2.24, 2.45) is 0 Å². The summed E-state index contributed by atoms with van der Waals surface area (Å²) in [6.45, 7) is 3.70. The lowest BCUT2D eigenvalue weighted by molar-refractivity contribution is 0.0935. The number of nitrogens with zero attached hydrogens (tertiary/aromatic N) is 1. The summed E-state index contributed by atoms with van der Waals surface area (Å²) in [6, 6.07) is 0. The van der Waals surface area contributed by atoms with Crippen molar-refractivity contribution in [3.05, 3.63) is 0 Å². The zero-order valence-corrected chi connectivity index (χ0v) is 7.51. The van der Waals surface area contributed by atoms with Crippen LogP contribution >= 0.6 is 22.9 Å². The molecule has 0 atom stereocenters. The maximum absolute atomic E-state index is 5.16. The maximum atomic E-state index is 5.16. The molecule has 0 aliphatic heterocycles. The molecule has 0 radical (unpaired) electrons. The monoisotopic (exact) mass is 229 g/mol. The van der Waals surface area contributed by atoms with E-state index in [1.807, 2.05) is 10.2 Å². The van der Waals surface area contributed by atoms with Crippen molar-refractivity contribution in [3.8, 4) is 0 Å². The highest BCUT2D eigenvalue weighted by atomic mass is 127. The molecule has 8 heavy (non-hydrogen) atoms. The first kappa shape index (κ1) is 8.65. The van der Waals surface area contributed by atoms with Crippen LogP contribution in [0.4, 0.5) is 0 Å². The third-order valence-electron chi connectivity index (χ3n) is 0.618. The van der Waals surface area contributed by atoms with E-state index in [0.29, 0.717) is 0 Å². The fraction of sp³-hybridized carbons (Fsp3) is 1.00. The molecule has 0 heterocycles. The van der Waals surface area contributed by atoms with Gasteiger partial charge in [-0.05, 0) is 13.5 Å². The van der Waals surface area contributed by atoms with Crippen molar-refractivity contribution in [1.82, 2.24) is 3.11 Å². The first-order valence-corrected chi connectivity index (χ1v) is 3.68. The number of hydrogen-bond acceptors (Lipinski definition) is 2. The predicted molar refractivity (Wildman–Crippen MR) is 42.9 cm³/mol. The van der Waals surface area contributed by atoms with Gasteiger partial charge in [0, 0.05) is 29.5 Å². The third kappa shape index (κ3) is 6.65. The lowest BCUT2D eigenvalue weighted by atomic mass is 10.5. The molecule has 2 nitrogen and oxygen atoms in total. The molecular formula is C5H12INO. The lowest BCUT2D eigenvalue weighted by Crippen LogP contribution is -2.09. The maximum Gasteiger partial charge on any atom is 0.107 e. The summed E-state index contributed by atoms with van der Waals surface area (Å²) >= 11 is 2.19. The summed E-state index contributed by atoms with van der Waals surface area (Å²) in [5.74, 6) is 0. The standard InChI is InChI=1S/C5H12INO/c1-3-4-8-5-7(2)6/h3-5H2,1-2H3. The highest BCUT2D eigenvalue weighted by Gasteiger charge is 1.87. The minimum absolute atomic E-state index is 0.731. The van der Waals surface area contributed by atoms with Crippen molar-refractivity contribution >= 4 is 22.9 Å². The molecule has 0 spiro atoms. The molecule has 0 N–H and O–H groups in total. The van der Waals surface area contributed by atoms with Gasteiger partial charge in [-0.2, -0.15) is 0 Å². The summed E-state index contributed by atoms with van der Waals surface area (Å²) in [6.07, 6.45) is 1.10. The quantitative estimate of drug-likeness (QED) is 0.314. The van der Waals surface area contributed by atoms with Crippen molar-refractivity contribution in [1.29, 1.82) is 0 Å². The highest BCUT2D eigenvalue weighted by molar-refractivity contribution is 14.1. The number of hydrogen-bond donors (Lipinski definition) is 0. The fourth-order valence-corrected chi connectivity index (χ4v) is 0.532. The Morgan fingerprint density at radius 2 is 2.25 bits per heavy atom. The van der Waals surface area contributed by atoms with E-state index in [2.05, 4.69) is 29.8 Å². The van der Waals surface area contributed by atoms with Gasteiger partial charge in [-0.15, -0.1) is 0 Å². The Bertz CT molecular complexity index is 49.7. The molecule has 0 saturated heterocycles. The number of halogens is 1. The van der Waals surface area contributed by atoms with E-state index in [4.69, 9.17) is 4.74 Å². The van der Waals surface area contributed by atoms with Gasteiger partial charge < -0.3 is 4.74 Å². The Morgan fingerprint density at radius 1 is 1.62 bits per heavy atom. The second-order valence-corrected chi connectivity index (χ2v) is 3.29. The van der Waals surface area contributed by atoms with Gasteiger partial charge in [0.1, 0.15) is 6.73 Å². The van der Waals surface area contributed by atoms with Crippen LogP contribution in [0.1, 0.15) is 13.3 Å². The van der Waals surface area contributed by atoms with Gasteiger partial charge in [-0.25, -0.2) is 3.11 Å². The zero-order chi connectivity index (χ0) is 6.41. The molecule has 0 unspecified atom stereocenters. The Kier molecular flexibility index (Phi) is 6.25. The minimum Gasteiger partial charge on any atom is -0.365 e. The summed E-state index contributed by atoms with van der Waals surface area (Å²) in [5.41, 5.74) is 0. The summed E-state index contributed by atoms with van der Waals surface area (Å²) in [7, 11) is 1.98. The Morgan fingerprint density at radius 3 is 2.62 bits per heavy atom. The summed E-state index contributed by atoms with van der Waals surface area (Å²) in [4.78, 5) is 0. The molecule has 0 rings (SSSR count). The minimum atomic E-state index is 0.731. The van der Waals surface area contributed by atoms with Crippen LogP contribution in [-0.2, 0) is 4.74 Å². The zero-order valence-electron chi connectivity index (χ0n) is 5.35. The SMILES string of the molecule is CCCOCN(C)I. The van der Waals surface area contributed by atoms with Crippen molar-refractivity contribution in [3.63, 3.8) is 0 Å². The van der Waals surface area contributed by atoms with Crippen LogP contribution in [0.15, 0.2) is 0 Å². The van der Waals surface area contributed by atoms with E-state index in [1.54, 1.807) is 0 Å². The van der Waals surface area contributed by atoms with E-state index >= 15 is 0 Å². The summed E-state index contributed by atoms with van der Waals surface area (Å²) in [5, 5.41) is 0. The fourth-order valence-electron chi connectivity index (χ4n) is 0.335. The van der Waals surface area contributed by atoms with E-state index in [1.165, 1.54) is 0 Å². The molecule has 0 aromatic carbocycles. The van der Waals surface area contributed by atoms with Crippen LogP contribution in [0.5, 0.6) is 0 Å². The predicted octanol–water partition coefficient (Wildman–Crippen LogP) is 1.65. The second-order valence-electron chi connectivity index (χ2n) is 1.64. The van der Waals surface area contributed by atoms with Gasteiger partial charge >= 0.3 is 0 Å². The van der Waals surface area contributed by atoms with E-state index in [9.17, 15) is 0 Å². The van der Waals surface area contributed by atoms with Crippen molar-refractivity contribution in [2.75, 3.05) is 20.4 Å². The van der Waals surface area contributed by atoms with Crippen LogP contribution < -0.4 is 0 Å². The molecule has 0 aromatic rings. The Labute approximate surface area is 64.7 Å². The molecule has 0 bridgehead atoms. The van der Waals surface area contributed by atoms with Crippen LogP contribution in [-0.4, -0.2) is 23.5 Å².